The predicted molar refractivity (Wildman–Crippen MR) is 166 cm³/mol. The lowest BCUT2D eigenvalue weighted by atomic mass is 9.68. The molecule has 220 valence electrons. The van der Waals surface area contributed by atoms with Crippen LogP contribution in [0.5, 0.6) is 5.75 Å². The predicted octanol–water partition coefficient (Wildman–Crippen LogP) is 4.99. The molecule has 0 saturated carbocycles. The minimum Gasteiger partial charge on any atom is -0.489 e. The summed E-state index contributed by atoms with van der Waals surface area (Å²) in [7, 11) is 0. The zero-order chi connectivity index (χ0) is 28.9. The van der Waals surface area contributed by atoms with Crippen molar-refractivity contribution in [3.63, 3.8) is 0 Å². The second-order valence-corrected chi connectivity index (χ2v) is 11.9. The summed E-state index contributed by atoms with van der Waals surface area (Å²) < 4.78 is 6.05. The van der Waals surface area contributed by atoms with Crippen molar-refractivity contribution < 1.29 is 14.4 Å². The minimum absolute atomic E-state index is 0.0267. The third-order valence-corrected chi connectivity index (χ3v) is 8.84. The quantitative estimate of drug-likeness (QED) is 0.415. The van der Waals surface area contributed by atoms with Crippen molar-refractivity contribution in [2.24, 2.45) is 0 Å². The lowest BCUT2D eigenvalue weighted by molar-refractivity contribution is -0.130. The van der Waals surface area contributed by atoms with Crippen molar-refractivity contribution in [3.8, 4) is 5.75 Å². The van der Waals surface area contributed by atoms with E-state index in [-0.39, 0.29) is 23.5 Å². The number of likely N-dealkylation sites (tertiary alicyclic amines) is 1. The van der Waals surface area contributed by atoms with Crippen LogP contribution in [0.25, 0.3) is 0 Å². The standard InChI is InChI=1S/C35H42N4O3/c1-27(2)41-33-16-10-9-15-32(33)38-23-21-37(22-24-38)26-30-25-31(36-42-30)34(40)39-19-17-35(18-20-39,28-11-5-3-6-12-28)29-13-7-4-8-14-29/h3-16,25,27,30,36H,17-24,26H2,1-2H3. The molecule has 3 aromatic carbocycles. The van der Waals surface area contributed by atoms with Gasteiger partial charge in [-0.2, -0.15) is 0 Å². The van der Waals surface area contributed by atoms with Crippen molar-refractivity contribution in [1.82, 2.24) is 15.3 Å². The lowest BCUT2D eigenvalue weighted by Gasteiger charge is -2.43. The van der Waals surface area contributed by atoms with Crippen molar-refractivity contribution in [3.05, 3.63) is 108 Å². The van der Waals surface area contributed by atoms with Gasteiger partial charge in [0.15, 0.2) is 0 Å². The molecule has 42 heavy (non-hydrogen) atoms. The van der Waals surface area contributed by atoms with Crippen molar-refractivity contribution >= 4 is 11.6 Å². The number of rotatable bonds is 8. The molecule has 2 saturated heterocycles. The van der Waals surface area contributed by atoms with E-state index in [1.54, 1.807) is 0 Å². The number of piperidine rings is 1. The van der Waals surface area contributed by atoms with Crippen LogP contribution in [0.3, 0.4) is 0 Å². The van der Waals surface area contributed by atoms with Gasteiger partial charge in [-0.05, 0) is 56.0 Å². The van der Waals surface area contributed by atoms with E-state index in [9.17, 15) is 4.79 Å². The van der Waals surface area contributed by atoms with E-state index in [1.165, 1.54) is 11.1 Å². The molecule has 3 aromatic rings. The third kappa shape index (κ3) is 6.03. The van der Waals surface area contributed by atoms with Crippen LogP contribution in [0.15, 0.2) is 96.7 Å². The molecule has 3 aliphatic rings. The molecular formula is C35H42N4O3. The Balaban J connectivity index is 1.04. The van der Waals surface area contributed by atoms with Gasteiger partial charge in [0.1, 0.15) is 17.6 Å². The van der Waals surface area contributed by atoms with Gasteiger partial charge < -0.3 is 14.5 Å². The first-order valence-corrected chi connectivity index (χ1v) is 15.3. The Morgan fingerprint density at radius 2 is 1.45 bits per heavy atom. The number of benzene rings is 3. The van der Waals surface area contributed by atoms with Crippen LogP contribution >= 0.6 is 0 Å². The van der Waals surface area contributed by atoms with E-state index >= 15 is 0 Å². The second kappa shape index (κ2) is 12.6. The highest BCUT2D eigenvalue weighted by Gasteiger charge is 2.40. The highest BCUT2D eigenvalue weighted by molar-refractivity contribution is 5.93. The fraction of sp³-hybridized carbons (Fsp3) is 0.400. The van der Waals surface area contributed by atoms with Crippen LogP contribution in [-0.2, 0) is 15.0 Å². The highest BCUT2D eigenvalue weighted by Crippen LogP contribution is 2.42. The molecule has 6 rings (SSSR count). The largest absolute Gasteiger partial charge is 0.489 e. The van der Waals surface area contributed by atoms with Gasteiger partial charge in [0.05, 0.1) is 11.8 Å². The molecule has 0 radical (unpaired) electrons. The maximum atomic E-state index is 13.5. The van der Waals surface area contributed by atoms with Crippen molar-refractivity contribution in [2.75, 3.05) is 50.7 Å². The smallest absolute Gasteiger partial charge is 0.271 e. The Morgan fingerprint density at radius 1 is 0.857 bits per heavy atom. The summed E-state index contributed by atoms with van der Waals surface area (Å²) in [5, 5.41) is 0. The number of hydroxylamine groups is 1. The van der Waals surface area contributed by atoms with Crippen LogP contribution in [0.4, 0.5) is 5.69 Å². The number of carbonyl (C=O) groups excluding carboxylic acids is 1. The Kier molecular flexibility index (Phi) is 8.49. The molecule has 3 heterocycles. The number of ether oxygens (including phenoxy) is 1. The Morgan fingerprint density at radius 3 is 2.07 bits per heavy atom. The van der Waals surface area contributed by atoms with Gasteiger partial charge in [-0.15, -0.1) is 0 Å². The number of piperazine rings is 1. The van der Waals surface area contributed by atoms with E-state index in [4.69, 9.17) is 9.57 Å². The summed E-state index contributed by atoms with van der Waals surface area (Å²) in [6, 6.07) is 29.8. The molecule has 0 spiro atoms. The van der Waals surface area contributed by atoms with Crippen LogP contribution in [0.1, 0.15) is 37.8 Å². The molecule has 1 atom stereocenters. The molecule has 1 N–H and O–H groups in total. The summed E-state index contributed by atoms with van der Waals surface area (Å²) in [5.74, 6) is 0.969. The van der Waals surface area contributed by atoms with E-state index < -0.39 is 0 Å². The Hall–Kier alpha value is -3.81. The van der Waals surface area contributed by atoms with E-state index in [0.29, 0.717) is 18.8 Å². The van der Waals surface area contributed by atoms with Gasteiger partial charge in [0, 0.05) is 51.2 Å². The first kappa shape index (κ1) is 28.3. The molecule has 1 amide bonds. The van der Waals surface area contributed by atoms with Gasteiger partial charge in [0.2, 0.25) is 0 Å². The van der Waals surface area contributed by atoms with Crippen LogP contribution < -0.4 is 15.1 Å². The number of amides is 1. The zero-order valence-corrected chi connectivity index (χ0v) is 24.7. The number of para-hydroxylation sites is 2. The van der Waals surface area contributed by atoms with Gasteiger partial charge in [-0.25, -0.2) is 0 Å². The molecule has 0 aromatic heterocycles. The number of nitrogens with one attached hydrogen (secondary N) is 1. The molecule has 2 fully saturated rings. The summed E-state index contributed by atoms with van der Waals surface area (Å²) in [6.45, 7) is 9.99. The number of anilines is 1. The van der Waals surface area contributed by atoms with Crippen LogP contribution in [-0.4, -0.2) is 73.7 Å². The summed E-state index contributed by atoms with van der Waals surface area (Å²) in [6.07, 6.45) is 3.74. The van der Waals surface area contributed by atoms with Crippen molar-refractivity contribution in [1.29, 1.82) is 0 Å². The fourth-order valence-corrected chi connectivity index (χ4v) is 6.62. The third-order valence-electron chi connectivity index (χ3n) is 8.84. The van der Waals surface area contributed by atoms with Gasteiger partial charge in [-0.3, -0.25) is 20.0 Å². The fourth-order valence-electron chi connectivity index (χ4n) is 6.62. The molecule has 1 unspecified atom stereocenters. The number of hydrogen-bond donors (Lipinski definition) is 1. The molecule has 0 bridgehead atoms. The van der Waals surface area contributed by atoms with Gasteiger partial charge in [0.25, 0.3) is 5.91 Å². The maximum Gasteiger partial charge on any atom is 0.271 e. The monoisotopic (exact) mass is 566 g/mol. The summed E-state index contributed by atoms with van der Waals surface area (Å²) in [4.78, 5) is 26.2. The SMILES string of the molecule is CC(C)Oc1ccccc1N1CCN(CC2C=C(C(=O)N3CCC(c4ccccc4)(c4ccccc4)CC3)NO2)CC1. The first-order valence-electron chi connectivity index (χ1n) is 15.3. The molecule has 7 nitrogen and oxygen atoms in total. The Labute approximate surface area is 249 Å². The van der Waals surface area contributed by atoms with E-state index in [1.807, 2.05) is 17.0 Å². The topological polar surface area (TPSA) is 57.3 Å². The highest BCUT2D eigenvalue weighted by atomic mass is 16.7. The van der Waals surface area contributed by atoms with Gasteiger partial charge >= 0.3 is 0 Å². The van der Waals surface area contributed by atoms with E-state index in [0.717, 1.165) is 57.0 Å². The first-order chi connectivity index (χ1) is 20.5. The van der Waals surface area contributed by atoms with Crippen LogP contribution in [0.2, 0.25) is 0 Å². The zero-order valence-electron chi connectivity index (χ0n) is 24.7. The number of nitrogens with zero attached hydrogens (tertiary/aromatic N) is 3. The number of carbonyl (C=O) groups is 1. The summed E-state index contributed by atoms with van der Waals surface area (Å²) in [5.41, 5.74) is 7.23. The molecule has 3 aliphatic heterocycles. The van der Waals surface area contributed by atoms with Crippen LogP contribution in [0, 0.1) is 0 Å². The van der Waals surface area contributed by atoms with Crippen molar-refractivity contribution in [2.45, 2.75) is 44.3 Å². The average molecular weight is 567 g/mol. The average Bonchev–Trinajstić information content (AvgIpc) is 3.50. The van der Waals surface area contributed by atoms with Gasteiger partial charge in [-0.1, -0.05) is 72.8 Å². The molecule has 7 heteroatoms. The van der Waals surface area contributed by atoms with E-state index in [2.05, 4.69) is 108 Å². The number of hydrogen-bond acceptors (Lipinski definition) is 6. The molecular weight excluding hydrogens is 524 g/mol. The normalized spacial score (nSPS) is 20.7. The summed E-state index contributed by atoms with van der Waals surface area (Å²) >= 11 is 0. The maximum absolute atomic E-state index is 13.5. The minimum atomic E-state index is -0.149. The lowest BCUT2D eigenvalue weighted by Crippen LogP contribution is -2.48. The Bertz CT molecular complexity index is 1320. The second-order valence-electron chi connectivity index (χ2n) is 11.9. The molecule has 0 aliphatic carbocycles.